The van der Waals surface area contributed by atoms with E-state index in [-0.39, 0.29) is 17.6 Å². The van der Waals surface area contributed by atoms with Crippen molar-refractivity contribution in [3.8, 4) is 5.75 Å². The Balaban J connectivity index is 1.85. The third kappa shape index (κ3) is 4.81. The molecule has 0 amide bonds. The van der Waals surface area contributed by atoms with Crippen LogP contribution in [0.5, 0.6) is 5.75 Å². The Morgan fingerprint density at radius 2 is 2.24 bits per heavy atom. The molecule has 0 radical (unpaired) electrons. The molecule has 0 bridgehead atoms. The van der Waals surface area contributed by atoms with Gasteiger partial charge >= 0.3 is 0 Å². The van der Waals surface area contributed by atoms with Crippen LogP contribution < -0.4 is 16.0 Å². The number of rotatable bonds is 8. The van der Waals surface area contributed by atoms with Gasteiger partial charge in [0.1, 0.15) is 0 Å². The number of ether oxygens (including phenoxy) is 1. The minimum atomic E-state index is -0.329. The van der Waals surface area contributed by atoms with Gasteiger partial charge in [-0.3, -0.25) is 11.3 Å². The molecule has 114 valence electrons. The van der Waals surface area contributed by atoms with Crippen molar-refractivity contribution in [2.75, 3.05) is 7.11 Å². The molecule has 0 saturated carbocycles. The summed E-state index contributed by atoms with van der Waals surface area (Å²) in [5, 5.41) is 2.09. The van der Waals surface area contributed by atoms with Gasteiger partial charge < -0.3 is 4.74 Å². The predicted molar refractivity (Wildman–Crippen MR) is 85.0 cm³/mol. The monoisotopic (exact) mass is 308 g/mol. The molecule has 5 heteroatoms. The molecule has 1 heterocycles. The van der Waals surface area contributed by atoms with E-state index in [2.05, 4.69) is 22.9 Å². The van der Waals surface area contributed by atoms with E-state index in [0.717, 1.165) is 24.8 Å². The van der Waals surface area contributed by atoms with E-state index in [1.165, 1.54) is 18.1 Å². The first-order chi connectivity index (χ1) is 10.2. The maximum Gasteiger partial charge on any atom is 0.165 e. The first-order valence-corrected chi connectivity index (χ1v) is 7.92. The van der Waals surface area contributed by atoms with E-state index < -0.39 is 0 Å². The zero-order valence-corrected chi connectivity index (χ0v) is 13.0. The number of thiophene rings is 1. The van der Waals surface area contributed by atoms with Crippen molar-refractivity contribution >= 4 is 11.3 Å². The van der Waals surface area contributed by atoms with Crippen LogP contribution in [0.15, 0.2) is 35.7 Å². The normalized spacial score (nSPS) is 12.3. The van der Waals surface area contributed by atoms with Crippen molar-refractivity contribution in [3.63, 3.8) is 0 Å². The Bertz CT molecular complexity index is 545. The topological polar surface area (TPSA) is 47.3 Å². The third-order valence-corrected chi connectivity index (χ3v) is 4.43. The number of nitrogens with two attached hydrogens (primary N) is 1. The molecule has 1 aromatic heterocycles. The average molecular weight is 308 g/mol. The number of nitrogens with one attached hydrogen (secondary N) is 1. The molecule has 0 aliphatic heterocycles. The standard InChI is InChI=1S/C16H21FN2OS/c1-20-16-8-7-12(11-15(16)17)10-13(19-18)4-2-5-14-6-3-9-21-14/h3,6-9,11,13,19H,2,4-5,10,18H2,1H3. The van der Waals surface area contributed by atoms with Gasteiger partial charge in [-0.2, -0.15) is 0 Å². The molecule has 2 rings (SSSR count). The highest BCUT2D eigenvalue weighted by Gasteiger charge is 2.10. The number of aryl methyl sites for hydroxylation is 1. The zero-order valence-electron chi connectivity index (χ0n) is 12.1. The number of halogens is 1. The first kappa shape index (κ1) is 15.9. The second kappa shape index (κ2) is 8.12. The lowest BCUT2D eigenvalue weighted by molar-refractivity contribution is 0.385. The van der Waals surface area contributed by atoms with Crippen LogP contribution in [0.1, 0.15) is 23.3 Å². The van der Waals surface area contributed by atoms with Crippen LogP contribution in [-0.2, 0) is 12.8 Å². The molecule has 1 atom stereocenters. The van der Waals surface area contributed by atoms with Gasteiger partial charge in [0.25, 0.3) is 0 Å². The summed E-state index contributed by atoms with van der Waals surface area (Å²) >= 11 is 1.78. The van der Waals surface area contributed by atoms with Crippen LogP contribution in [0.4, 0.5) is 4.39 Å². The van der Waals surface area contributed by atoms with Crippen LogP contribution in [0, 0.1) is 5.82 Å². The van der Waals surface area contributed by atoms with E-state index in [1.807, 2.05) is 6.07 Å². The summed E-state index contributed by atoms with van der Waals surface area (Å²) in [6.45, 7) is 0. The SMILES string of the molecule is COc1ccc(CC(CCCc2cccs2)NN)cc1F. The highest BCUT2D eigenvalue weighted by atomic mass is 32.1. The van der Waals surface area contributed by atoms with Gasteiger partial charge in [0.05, 0.1) is 7.11 Å². The summed E-state index contributed by atoms with van der Waals surface area (Å²) in [5.74, 6) is 5.55. The summed E-state index contributed by atoms with van der Waals surface area (Å²) in [6, 6.07) is 9.42. The Morgan fingerprint density at radius 3 is 2.86 bits per heavy atom. The number of hydrogen-bond acceptors (Lipinski definition) is 4. The Kier molecular flexibility index (Phi) is 6.17. The molecular formula is C16H21FN2OS. The van der Waals surface area contributed by atoms with Crippen LogP contribution in [0.2, 0.25) is 0 Å². The van der Waals surface area contributed by atoms with Gasteiger partial charge in [0, 0.05) is 10.9 Å². The van der Waals surface area contributed by atoms with Crippen LogP contribution in [-0.4, -0.2) is 13.2 Å². The minimum absolute atomic E-state index is 0.151. The molecule has 1 aromatic carbocycles. The van der Waals surface area contributed by atoms with Crippen molar-refractivity contribution in [1.29, 1.82) is 0 Å². The quantitative estimate of drug-likeness (QED) is 0.581. The van der Waals surface area contributed by atoms with Gasteiger partial charge in [-0.25, -0.2) is 4.39 Å². The zero-order chi connectivity index (χ0) is 15.1. The fraction of sp³-hybridized carbons (Fsp3) is 0.375. The molecule has 0 aliphatic rings. The summed E-state index contributed by atoms with van der Waals surface area (Å²) in [7, 11) is 1.47. The first-order valence-electron chi connectivity index (χ1n) is 7.04. The van der Waals surface area contributed by atoms with Crippen LogP contribution in [0.3, 0.4) is 0 Å². The molecule has 0 aliphatic carbocycles. The minimum Gasteiger partial charge on any atom is -0.494 e. The highest BCUT2D eigenvalue weighted by molar-refractivity contribution is 7.09. The fourth-order valence-corrected chi connectivity index (χ4v) is 3.09. The molecule has 0 saturated heterocycles. The fourth-order valence-electron chi connectivity index (χ4n) is 2.34. The van der Waals surface area contributed by atoms with Gasteiger partial charge in [0.2, 0.25) is 0 Å². The van der Waals surface area contributed by atoms with Crippen molar-refractivity contribution in [2.45, 2.75) is 31.7 Å². The summed E-state index contributed by atoms with van der Waals surface area (Å²) in [4.78, 5) is 1.39. The van der Waals surface area contributed by atoms with Crippen molar-refractivity contribution in [1.82, 2.24) is 5.43 Å². The lowest BCUT2D eigenvalue weighted by atomic mass is 10.0. The largest absolute Gasteiger partial charge is 0.494 e. The van der Waals surface area contributed by atoms with E-state index in [4.69, 9.17) is 10.6 Å². The van der Waals surface area contributed by atoms with Gasteiger partial charge in [-0.1, -0.05) is 12.1 Å². The molecule has 21 heavy (non-hydrogen) atoms. The van der Waals surface area contributed by atoms with E-state index in [0.29, 0.717) is 6.42 Å². The number of hydrazine groups is 1. The number of benzene rings is 1. The Hall–Kier alpha value is -1.43. The molecule has 0 fully saturated rings. The van der Waals surface area contributed by atoms with Crippen molar-refractivity contribution in [2.24, 2.45) is 5.84 Å². The lowest BCUT2D eigenvalue weighted by Crippen LogP contribution is -2.36. The van der Waals surface area contributed by atoms with E-state index >= 15 is 0 Å². The summed E-state index contributed by atoms with van der Waals surface area (Å²) < 4.78 is 18.6. The molecular weight excluding hydrogens is 287 g/mol. The van der Waals surface area contributed by atoms with Gasteiger partial charge in [-0.15, -0.1) is 11.3 Å². The Labute approximate surface area is 128 Å². The Morgan fingerprint density at radius 1 is 1.38 bits per heavy atom. The van der Waals surface area contributed by atoms with E-state index in [9.17, 15) is 4.39 Å². The smallest absolute Gasteiger partial charge is 0.165 e. The molecule has 2 aromatic rings. The number of methoxy groups -OCH3 is 1. The van der Waals surface area contributed by atoms with Crippen molar-refractivity contribution in [3.05, 3.63) is 52.0 Å². The summed E-state index contributed by atoms with van der Waals surface area (Å²) in [5.41, 5.74) is 3.75. The second-order valence-electron chi connectivity index (χ2n) is 5.01. The third-order valence-electron chi connectivity index (χ3n) is 3.49. The molecule has 1 unspecified atom stereocenters. The van der Waals surface area contributed by atoms with Gasteiger partial charge in [-0.05, 0) is 54.8 Å². The van der Waals surface area contributed by atoms with E-state index in [1.54, 1.807) is 17.4 Å². The molecule has 3 N–H and O–H groups in total. The molecule has 0 spiro atoms. The number of hydrogen-bond donors (Lipinski definition) is 2. The second-order valence-corrected chi connectivity index (χ2v) is 6.04. The lowest BCUT2D eigenvalue weighted by Gasteiger charge is -2.16. The maximum atomic E-state index is 13.7. The highest BCUT2D eigenvalue weighted by Crippen LogP contribution is 2.19. The van der Waals surface area contributed by atoms with Crippen molar-refractivity contribution < 1.29 is 9.13 Å². The maximum absolute atomic E-state index is 13.7. The van der Waals surface area contributed by atoms with Crippen LogP contribution >= 0.6 is 11.3 Å². The summed E-state index contributed by atoms with van der Waals surface area (Å²) in [6.07, 6.45) is 3.80. The average Bonchev–Trinajstić information content (AvgIpc) is 2.99. The molecule has 3 nitrogen and oxygen atoms in total. The van der Waals surface area contributed by atoms with Gasteiger partial charge in [0.15, 0.2) is 11.6 Å². The van der Waals surface area contributed by atoms with Crippen LogP contribution in [0.25, 0.3) is 0 Å². The predicted octanol–water partition coefficient (Wildman–Crippen LogP) is 3.29.